The third kappa shape index (κ3) is 4.48. The van der Waals surface area contributed by atoms with Crippen LogP contribution < -0.4 is 10.6 Å². The van der Waals surface area contributed by atoms with Crippen molar-refractivity contribution in [3.05, 3.63) is 69.8 Å². The minimum absolute atomic E-state index is 0.0360. The average Bonchev–Trinajstić information content (AvgIpc) is 3.26. The Labute approximate surface area is 186 Å². The second kappa shape index (κ2) is 9.01. The van der Waals surface area contributed by atoms with Crippen LogP contribution >= 0.6 is 0 Å². The van der Waals surface area contributed by atoms with Crippen LogP contribution in [-0.2, 0) is 14.2 Å². The fraction of sp³-hybridized carbons (Fsp3) is 0.182. The predicted molar refractivity (Wildman–Crippen MR) is 108 cm³/mol. The summed E-state index contributed by atoms with van der Waals surface area (Å²) in [6.45, 7) is -0.0887. The fourth-order valence-electron chi connectivity index (χ4n) is 3.25. The largest absolute Gasteiger partial charge is 0.460 e. The minimum atomic E-state index is -0.681. The predicted octanol–water partition coefficient (Wildman–Crippen LogP) is 0.484. The van der Waals surface area contributed by atoms with Crippen LogP contribution in [0.1, 0.15) is 62.1 Å². The molecule has 2 aliphatic heterocycles. The van der Waals surface area contributed by atoms with Gasteiger partial charge < -0.3 is 14.2 Å². The van der Waals surface area contributed by atoms with Crippen molar-refractivity contribution in [3.63, 3.8) is 0 Å². The monoisotopic (exact) mass is 452 g/mol. The highest BCUT2D eigenvalue weighted by Crippen LogP contribution is 2.19. The van der Waals surface area contributed by atoms with Gasteiger partial charge in [0.05, 0.1) is 46.6 Å². The van der Waals surface area contributed by atoms with Gasteiger partial charge in [0.25, 0.3) is 23.6 Å². The highest BCUT2D eigenvalue weighted by Gasteiger charge is 2.28. The lowest BCUT2D eigenvalue weighted by Gasteiger charge is -2.08. The molecule has 0 unspecified atom stereocenters. The van der Waals surface area contributed by atoms with E-state index in [9.17, 15) is 28.8 Å². The molecule has 0 aliphatic carbocycles. The lowest BCUT2D eigenvalue weighted by Crippen LogP contribution is -2.19. The van der Waals surface area contributed by atoms with Crippen molar-refractivity contribution in [1.82, 2.24) is 10.6 Å². The van der Waals surface area contributed by atoms with E-state index in [1.54, 1.807) is 0 Å². The van der Waals surface area contributed by atoms with Crippen molar-refractivity contribution < 1.29 is 43.0 Å². The minimum Gasteiger partial charge on any atom is -0.460 e. The van der Waals surface area contributed by atoms with E-state index in [0.717, 1.165) is 0 Å². The first-order valence-corrected chi connectivity index (χ1v) is 9.76. The van der Waals surface area contributed by atoms with E-state index in [0.29, 0.717) is 0 Å². The molecule has 2 heterocycles. The summed E-state index contributed by atoms with van der Waals surface area (Å²) in [4.78, 5) is 70.5. The Morgan fingerprint density at radius 1 is 0.576 bits per heavy atom. The number of carbonyl (C=O) groups is 6. The number of fused-ring (bicyclic) bond motifs is 2. The normalized spacial score (nSPS) is 13.8. The second-order valence-corrected chi connectivity index (χ2v) is 6.97. The van der Waals surface area contributed by atoms with E-state index in [2.05, 4.69) is 10.6 Å². The van der Waals surface area contributed by atoms with Gasteiger partial charge in [-0.1, -0.05) is 0 Å². The third-order valence-corrected chi connectivity index (χ3v) is 4.86. The first kappa shape index (κ1) is 21.8. The van der Waals surface area contributed by atoms with Gasteiger partial charge in [-0.05, 0) is 36.4 Å². The molecule has 11 nitrogen and oxygen atoms in total. The molecule has 4 rings (SSSR count). The zero-order valence-corrected chi connectivity index (χ0v) is 17.0. The second-order valence-electron chi connectivity index (χ2n) is 6.97. The first-order chi connectivity index (χ1) is 15.8. The van der Waals surface area contributed by atoms with Crippen LogP contribution in [0.4, 0.5) is 0 Å². The van der Waals surface area contributed by atoms with Gasteiger partial charge >= 0.3 is 11.9 Å². The molecule has 0 bridgehead atoms. The Bertz CT molecular complexity index is 1120. The Kier molecular flexibility index (Phi) is 5.96. The molecule has 0 fully saturated rings. The van der Waals surface area contributed by atoms with Crippen LogP contribution in [0.25, 0.3) is 0 Å². The van der Waals surface area contributed by atoms with Gasteiger partial charge in [-0.2, -0.15) is 0 Å². The standard InChI is InChI=1S/C22H16N2O9/c25-17-13-3-1-11(9-15(13)19(27)23-17)21(29)32-7-5-31-6-8-33-22(30)12-2-4-14-16(10-12)20(28)24-18(14)26/h1-4,9-10H,5-8H2,(H,23,25,27)(H,24,26,28). The lowest BCUT2D eigenvalue weighted by atomic mass is 10.1. The summed E-state index contributed by atoms with van der Waals surface area (Å²) < 4.78 is 15.4. The molecule has 33 heavy (non-hydrogen) atoms. The van der Waals surface area contributed by atoms with Crippen LogP contribution in [-0.4, -0.2) is 62.0 Å². The summed E-state index contributed by atoms with van der Waals surface area (Å²) in [6, 6.07) is 8.11. The van der Waals surface area contributed by atoms with Crippen molar-refractivity contribution in [2.45, 2.75) is 0 Å². The zero-order chi connectivity index (χ0) is 23.5. The van der Waals surface area contributed by atoms with Gasteiger partial charge in [0, 0.05) is 0 Å². The number of rotatable bonds is 8. The Hall–Kier alpha value is -4.38. The van der Waals surface area contributed by atoms with E-state index in [-0.39, 0.29) is 59.8 Å². The molecule has 0 atom stereocenters. The Balaban J connectivity index is 1.16. The summed E-state index contributed by atoms with van der Waals surface area (Å²) >= 11 is 0. The van der Waals surface area contributed by atoms with Gasteiger partial charge in [0.2, 0.25) is 0 Å². The summed E-state index contributed by atoms with van der Waals surface area (Å²) in [5, 5.41) is 4.27. The number of ether oxygens (including phenoxy) is 3. The Morgan fingerprint density at radius 3 is 1.39 bits per heavy atom. The molecular weight excluding hydrogens is 436 g/mol. The number of hydrogen-bond donors (Lipinski definition) is 2. The van der Waals surface area contributed by atoms with Crippen molar-refractivity contribution in [1.29, 1.82) is 0 Å². The maximum absolute atomic E-state index is 12.1. The van der Waals surface area contributed by atoms with Gasteiger partial charge in [-0.15, -0.1) is 0 Å². The molecule has 168 valence electrons. The molecule has 0 aromatic heterocycles. The SMILES string of the molecule is O=C(OCCOCCOC(=O)c1ccc2c(c1)C(=O)NC2=O)c1ccc2c(c1)C(=O)NC2=O. The van der Waals surface area contributed by atoms with Crippen molar-refractivity contribution >= 4 is 35.6 Å². The van der Waals surface area contributed by atoms with E-state index in [1.807, 2.05) is 0 Å². The molecule has 0 saturated heterocycles. The summed E-state index contributed by atoms with van der Waals surface area (Å²) in [5.74, 6) is -3.53. The number of hydrogen-bond acceptors (Lipinski definition) is 9. The van der Waals surface area contributed by atoms with Crippen LogP contribution in [0.3, 0.4) is 0 Å². The molecule has 2 aromatic rings. The molecule has 2 aliphatic rings. The molecule has 0 radical (unpaired) electrons. The van der Waals surface area contributed by atoms with Crippen LogP contribution in [0, 0.1) is 0 Å². The van der Waals surface area contributed by atoms with Crippen LogP contribution in [0.5, 0.6) is 0 Å². The highest BCUT2D eigenvalue weighted by molar-refractivity contribution is 6.22. The van der Waals surface area contributed by atoms with Gasteiger partial charge in [-0.3, -0.25) is 29.8 Å². The van der Waals surface area contributed by atoms with Crippen molar-refractivity contribution in [2.24, 2.45) is 0 Å². The van der Waals surface area contributed by atoms with Gasteiger partial charge in [0.1, 0.15) is 13.2 Å². The molecule has 0 saturated carbocycles. The zero-order valence-electron chi connectivity index (χ0n) is 17.0. The highest BCUT2D eigenvalue weighted by atomic mass is 16.6. The summed E-state index contributed by atoms with van der Waals surface area (Å²) in [7, 11) is 0. The van der Waals surface area contributed by atoms with E-state index in [1.165, 1.54) is 36.4 Å². The number of nitrogens with one attached hydrogen (secondary N) is 2. The molecule has 4 amide bonds. The number of imide groups is 2. The van der Waals surface area contributed by atoms with E-state index < -0.39 is 35.6 Å². The lowest BCUT2D eigenvalue weighted by molar-refractivity contribution is 0.0150. The van der Waals surface area contributed by atoms with Crippen LogP contribution in [0.2, 0.25) is 0 Å². The van der Waals surface area contributed by atoms with E-state index >= 15 is 0 Å². The van der Waals surface area contributed by atoms with Gasteiger partial charge in [-0.25, -0.2) is 9.59 Å². The maximum Gasteiger partial charge on any atom is 0.338 e. The van der Waals surface area contributed by atoms with Crippen molar-refractivity contribution in [2.75, 3.05) is 26.4 Å². The smallest absolute Gasteiger partial charge is 0.338 e. The molecule has 2 aromatic carbocycles. The summed E-state index contributed by atoms with van der Waals surface area (Å²) in [5.41, 5.74) is 0.873. The Morgan fingerprint density at radius 2 is 0.970 bits per heavy atom. The first-order valence-electron chi connectivity index (χ1n) is 9.76. The number of carbonyl (C=O) groups excluding carboxylic acids is 6. The van der Waals surface area contributed by atoms with Crippen molar-refractivity contribution in [3.8, 4) is 0 Å². The third-order valence-electron chi connectivity index (χ3n) is 4.86. The molecule has 2 N–H and O–H groups in total. The number of benzene rings is 2. The topological polar surface area (TPSA) is 154 Å². The molecular formula is C22H16N2O9. The molecule has 11 heteroatoms. The van der Waals surface area contributed by atoms with E-state index in [4.69, 9.17) is 14.2 Å². The van der Waals surface area contributed by atoms with Crippen LogP contribution in [0.15, 0.2) is 36.4 Å². The maximum atomic E-state index is 12.1. The quantitative estimate of drug-likeness (QED) is 0.331. The molecule has 0 spiro atoms. The van der Waals surface area contributed by atoms with Gasteiger partial charge in [0.15, 0.2) is 0 Å². The summed E-state index contributed by atoms with van der Waals surface area (Å²) in [6.07, 6.45) is 0. The number of esters is 2. The average molecular weight is 452 g/mol. The fourth-order valence-corrected chi connectivity index (χ4v) is 3.25. The number of amides is 4.